The van der Waals surface area contributed by atoms with Crippen molar-refractivity contribution in [1.82, 2.24) is 14.6 Å². The molecule has 118 valence electrons. The van der Waals surface area contributed by atoms with Crippen LogP contribution in [0.2, 0.25) is 0 Å². The average Bonchev–Trinajstić information content (AvgIpc) is 2.25. The van der Waals surface area contributed by atoms with Gasteiger partial charge in [-0.05, 0) is 0 Å². The number of rotatable bonds is 0. The maximum atomic E-state index is 13.1. The molecule has 2 aliphatic heterocycles. The summed E-state index contributed by atoms with van der Waals surface area (Å²) in [5.74, 6) is -9.46. The predicted molar refractivity (Wildman–Crippen MR) is 56.4 cm³/mol. The van der Waals surface area contributed by atoms with Gasteiger partial charge in [-0.3, -0.25) is 0 Å². The first kappa shape index (κ1) is 16.9. The zero-order valence-corrected chi connectivity index (χ0v) is 11.8. The summed E-state index contributed by atoms with van der Waals surface area (Å²) in [5.41, 5.74) is 0. The van der Waals surface area contributed by atoms with Crippen LogP contribution >= 0.6 is 24.4 Å². The lowest BCUT2D eigenvalue weighted by Gasteiger charge is -2.22. The summed E-state index contributed by atoms with van der Waals surface area (Å²) in [6.45, 7) is -4.07. The minimum atomic E-state index is -5.65. The van der Waals surface area contributed by atoms with Crippen molar-refractivity contribution < 1.29 is 43.4 Å². The van der Waals surface area contributed by atoms with Crippen molar-refractivity contribution in [2.75, 3.05) is 13.2 Å². The normalized spacial score (nSPS) is 33.6. The Morgan fingerprint density at radius 3 is 1.40 bits per heavy atom. The van der Waals surface area contributed by atoms with E-state index in [-0.39, 0.29) is 0 Å². The third kappa shape index (κ3) is 3.30. The molecule has 2 saturated heterocycles. The van der Waals surface area contributed by atoms with Gasteiger partial charge in [0.05, 0.1) is 14.6 Å². The maximum absolute atomic E-state index is 13.1. The van der Waals surface area contributed by atoms with Gasteiger partial charge in [0.2, 0.25) is 0 Å². The van der Waals surface area contributed by atoms with E-state index in [1.807, 2.05) is 0 Å². The van der Waals surface area contributed by atoms with Crippen LogP contribution in [0.25, 0.3) is 0 Å². The quantitative estimate of drug-likeness (QED) is 0.442. The molecule has 20 heavy (non-hydrogen) atoms. The zero-order chi connectivity index (χ0) is 15.4. The third-order valence-electron chi connectivity index (χ3n) is 2.16. The van der Waals surface area contributed by atoms with E-state index in [4.69, 9.17) is 0 Å². The van der Waals surface area contributed by atoms with Crippen LogP contribution in [0.4, 0.5) is 34.3 Å². The van der Waals surface area contributed by atoms with Crippen LogP contribution in [-0.2, 0) is 9.05 Å². The summed E-state index contributed by atoms with van der Waals surface area (Å²) in [6.07, 6.45) is 0. The van der Waals surface area contributed by atoms with Crippen LogP contribution < -0.4 is 14.6 Å². The lowest BCUT2D eigenvalue weighted by molar-refractivity contribution is -0.222. The molecule has 0 aliphatic carbocycles. The lowest BCUT2D eigenvalue weighted by Crippen LogP contribution is -2.45. The molecular formula is C4H7F8N3O2P3+3. The van der Waals surface area contributed by atoms with Crippen molar-refractivity contribution in [2.45, 2.75) is 11.8 Å². The molecule has 3 N–H and O–H groups in total. The van der Waals surface area contributed by atoms with E-state index in [2.05, 4.69) is 9.05 Å². The molecule has 0 amide bonds. The van der Waals surface area contributed by atoms with Crippen LogP contribution in [0.5, 0.6) is 0 Å². The molecule has 1 spiro atoms. The van der Waals surface area contributed by atoms with E-state index in [0.717, 1.165) is 0 Å². The molecular weight excluding hydrogens is 367 g/mol. The van der Waals surface area contributed by atoms with Crippen LogP contribution in [0.1, 0.15) is 0 Å². The molecule has 0 aromatic heterocycles. The van der Waals surface area contributed by atoms with E-state index in [0.29, 0.717) is 4.86 Å². The van der Waals surface area contributed by atoms with Gasteiger partial charge in [0, 0.05) is 16.8 Å². The molecule has 0 atom stereocenters. The van der Waals surface area contributed by atoms with Gasteiger partial charge < -0.3 is 0 Å². The third-order valence-corrected chi connectivity index (χ3v) is 9.27. The molecule has 0 bridgehead atoms. The SMILES string of the molecule is FC1(F)CO[P+]2(N[P+](F)(F)N[P+](F)(F)N2)OCC1(F)F. The average molecular weight is 374 g/mol. The Morgan fingerprint density at radius 2 is 1.05 bits per heavy atom. The Morgan fingerprint density at radius 1 is 0.700 bits per heavy atom. The van der Waals surface area contributed by atoms with Gasteiger partial charge in [0.1, 0.15) is 0 Å². The highest BCUT2D eigenvalue weighted by molar-refractivity contribution is 7.92. The maximum Gasteiger partial charge on any atom is 0.611 e. The van der Waals surface area contributed by atoms with Crippen LogP contribution in [-0.4, -0.2) is 25.1 Å². The second-order valence-corrected chi connectivity index (χ2v) is 9.91. The monoisotopic (exact) mass is 374 g/mol. The first-order chi connectivity index (χ1) is 8.79. The predicted octanol–water partition coefficient (Wildman–Crippen LogP) is 4.00. The molecule has 0 radical (unpaired) electrons. The molecule has 0 aromatic carbocycles. The molecule has 0 saturated carbocycles. The molecule has 0 unspecified atom stereocenters. The fourth-order valence-electron chi connectivity index (χ4n) is 1.26. The second kappa shape index (κ2) is 4.76. The van der Waals surface area contributed by atoms with Crippen LogP contribution in [0.15, 0.2) is 0 Å². The summed E-state index contributed by atoms with van der Waals surface area (Å²) < 4.78 is 113. The molecule has 0 aromatic rings. The number of hydrogen-bond acceptors (Lipinski definition) is 5. The topological polar surface area (TPSA) is 54.5 Å². The minimum Gasteiger partial charge on any atom is -0.197 e. The fraction of sp³-hybridized carbons (Fsp3) is 1.00. The van der Waals surface area contributed by atoms with Gasteiger partial charge in [-0.25, -0.2) is 0 Å². The largest absolute Gasteiger partial charge is 0.611 e. The van der Waals surface area contributed by atoms with Gasteiger partial charge in [-0.2, -0.15) is 26.6 Å². The summed E-state index contributed by atoms with van der Waals surface area (Å²) in [4.78, 5) is 3.06. The van der Waals surface area contributed by atoms with Gasteiger partial charge in [0.25, 0.3) is 0 Å². The number of nitrogens with one attached hydrogen (secondary N) is 3. The second-order valence-electron chi connectivity index (χ2n) is 3.83. The van der Waals surface area contributed by atoms with Crippen molar-refractivity contribution in [2.24, 2.45) is 0 Å². The first-order valence-electron chi connectivity index (χ1n) is 4.67. The van der Waals surface area contributed by atoms with Crippen molar-refractivity contribution in [3.05, 3.63) is 0 Å². The van der Waals surface area contributed by atoms with E-state index in [1.54, 1.807) is 0 Å². The van der Waals surface area contributed by atoms with E-state index in [1.165, 1.54) is 9.72 Å². The van der Waals surface area contributed by atoms with E-state index >= 15 is 0 Å². The summed E-state index contributed by atoms with van der Waals surface area (Å²) in [7, 11) is -16.0. The highest BCUT2D eigenvalue weighted by Crippen LogP contribution is 2.83. The molecule has 5 nitrogen and oxygen atoms in total. The van der Waals surface area contributed by atoms with Crippen molar-refractivity contribution in [1.29, 1.82) is 0 Å². The summed E-state index contributed by atoms with van der Waals surface area (Å²) in [6, 6.07) is 0. The van der Waals surface area contributed by atoms with Crippen LogP contribution in [0.3, 0.4) is 0 Å². The van der Waals surface area contributed by atoms with Gasteiger partial charge >= 0.3 is 36.2 Å². The van der Waals surface area contributed by atoms with Crippen molar-refractivity contribution in [3.8, 4) is 0 Å². The Balaban J connectivity index is 2.28. The molecule has 2 aliphatic rings. The highest BCUT2D eigenvalue weighted by atomic mass is 31.4. The molecule has 2 fully saturated rings. The van der Waals surface area contributed by atoms with Crippen LogP contribution in [0, 0.1) is 0 Å². The lowest BCUT2D eigenvalue weighted by atomic mass is 10.2. The van der Waals surface area contributed by atoms with E-state index in [9.17, 15) is 34.3 Å². The van der Waals surface area contributed by atoms with Gasteiger partial charge in [-0.15, -0.1) is 0 Å². The Kier molecular flexibility index (Phi) is 4.02. The number of halogens is 8. The Labute approximate surface area is 108 Å². The molecule has 2 rings (SSSR count). The first-order valence-corrected chi connectivity index (χ1v) is 9.44. The standard InChI is InChI=1S/C4H7F8N3O2P3/c5-3(6)1-16-20(17-2-4(3,7)8)14-18(9,10)13-19(11,12)15-20/h13-15H,1-2H2/q+3. The molecule has 2 heterocycles. The zero-order valence-electron chi connectivity index (χ0n) is 9.10. The highest BCUT2D eigenvalue weighted by Gasteiger charge is 2.83. The summed E-state index contributed by atoms with van der Waals surface area (Å²) >= 11 is 0. The number of alkyl halides is 4. The summed E-state index contributed by atoms with van der Waals surface area (Å²) in [5, 5.41) is 0. The number of hydrogen-bond donors (Lipinski definition) is 3. The molecule has 16 heteroatoms. The fourth-order valence-corrected chi connectivity index (χ4v) is 8.60. The Hall–Kier alpha value is 0.530. The van der Waals surface area contributed by atoms with Crippen molar-refractivity contribution in [3.63, 3.8) is 0 Å². The Bertz CT molecular complexity index is 374. The van der Waals surface area contributed by atoms with Crippen molar-refractivity contribution >= 4 is 24.4 Å². The van der Waals surface area contributed by atoms with E-state index < -0.39 is 49.4 Å². The minimum absolute atomic E-state index is 0.692. The smallest absolute Gasteiger partial charge is 0.197 e. The van der Waals surface area contributed by atoms with Gasteiger partial charge in [0.15, 0.2) is 13.2 Å². The van der Waals surface area contributed by atoms with Gasteiger partial charge in [-0.1, -0.05) is 0 Å².